The Labute approximate surface area is 210 Å². The average Bonchev–Trinajstić information content (AvgIpc) is 2.91. The van der Waals surface area contributed by atoms with Crippen LogP contribution >= 0.6 is 0 Å². The van der Waals surface area contributed by atoms with Gasteiger partial charge in [0, 0.05) is 49.4 Å². The lowest BCUT2D eigenvalue weighted by molar-refractivity contribution is -0.121. The number of carbonyl (C=O) groups excluding carboxylic acids is 4. The SMILES string of the molecule is CNC(=O)CCc1ccc(NC(=O)c2cccc(C(=O)Nc3ccc(CCC(=O)NC)cc3)c2)cc1. The van der Waals surface area contributed by atoms with Gasteiger partial charge in [0.15, 0.2) is 0 Å². The zero-order chi connectivity index (χ0) is 25.9. The molecule has 0 radical (unpaired) electrons. The van der Waals surface area contributed by atoms with Gasteiger partial charge in [-0.15, -0.1) is 0 Å². The van der Waals surface area contributed by atoms with Crippen molar-refractivity contribution < 1.29 is 19.2 Å². The van der Waals surface area contributed by atoms with Gasteiger partial charge in [-0.2, -0.15) is 0 Å². The highest BCUT2D eigenvalue weighted by Gasteiger charge is 2.12. The van der Waals surface area contributed by atoms with E-state index in [0.29, 0.717) is 48.2 Å². The van der Waals surface area contributed by atoms with Crippen molar-refractivity contribution in [3.63, 3.8) is 0 Å². The Balaban J connectivity index is 1.57. The molecule has 0 fully saturated rings. The van der Waals surface area contributed by atoms with Crippen molar-refractivity contribution in [1.29, 1.82) is 0 Å². The van der Waals surface area contributed by atoms with E-state index in [1.807, 2.05) is 24.3 Å². The fraction of sp³-hybridized carbons (Fsp3) is 0.214. The first-order valence-electron chi connectivity index (χ1n) is 11.7. The second-order valence-corrected chi connectivity index (χ2v) is 8.23. The van der Waals surface area contributed by atoms with Crippen molar-refractivity contribution in [3.05, 3.63) is 95.1 Å². The fourth-order valence-electron chi connectivity index (χ4n) is 3.48. The number of benzene rings is 3. The number of hydrogen-bond acceptors (Lipinski definition) is 4. The molecule has 0 aliphatic heterocycles. The molecule has 0 heterocycles. The van der Waals surface area contributed by atoms with E-state index >= 15 is 0 Å². The monoisotopic (exact) mass is 486 g/mol. The molecule has 3 rings (SSSR count). The molecular formula is C28H30N4O4. The molecule has 0 atom stereocenters. The summed E-state index contributed by atoms with van der Waals surface area (Å²) in [5, 5.41) is 10.8. The van der Waals surface area contributed by atoms with Crippen molar-refractivity contribution in [2.45, 2.75) is 25.7 Å². The van der Waals surface area contributed by atoms with E-state index in [0.717, 1.165) is 11.1 Å². The molecule has 8 heteroatoms. The number of amides is 4. The quantitative estimate of drug-likeness (QED) is 0.351. The lowest BCUT2D eigenvalue weighted by Crippen LogP contribution is -2.18. The van der Waals surface area contributed by atoms with Gasteiger partial charge in [-0.05, 0) is 66.4 Å². The van der Waals surface area contributed by atoms with Crippen molar-refractivity contribution >= 4 is 35.0 Å². The number of carbonyl (C=O) groups is 4. The van der Waals surface area contributed by atoms with E-state index in [-0.39, 0.29) is 23.6 Å². The van der Waals surface area contributed by atoms with Gasteiger partial charge in [0.2, 0.25) is 11.8 Å². The Morgan fingerprint density at radius 1 is 0.583 bits per heavy atom. The van der Waals surface area contributed by atoms with Crippen molar-refractivity contribution in [2.24, 2.45) is 0 Å². The van der Waals surface area contributed by atoms with Crippen molar-refractivity contribution in [2.75, 3.05) is 24.7 Å². The van der Waals surface area contributed by atoms with Crippen LogP contribution in [0.2, 0.25) is 0 Å². The standard InChI is InChI=1S/C28H30N4O4/c1-29-25(33)16-10-19-6-12-23(13-7-19)31-27(35)21-4-3-5-22(18-21)28(36)32-24-14-8-20(9-15-24)11-17-26(34)30-2/h3-9,12-15,18H,10-11,16-17H2,1-2H3,(H,29,33)(H,30,34)(H,31,35)(H,32,36). The molecule has 0 bridgehead atoms. The number of aryl methyl sites for hydroxylation is 2. The third-order valence-electron chi connectivity index (χ3n) is 5.65. The van der Waals surface area contributed by atoms with Crippen LogP contribution in [0.4, 0.5) is 11.4 Å². The summed E-state index contributed by atoms with van der Waals surface area (Å²) >= 11 is 0. The number of rotatable bonds is 10. The van der Waals surface area contributed by atoms with Crippen LogP contribution in [0.3, 0.4) is 0 Å². The average molecular weight is 487 g/mol. The first-order chi connectivity index (χ1) is 17.4. The Morgan fingerprint density at radius 2 is 0.972 bits per heavy atom. The molecule has 4 amide bonds. The van der Waals surface area contributed by atoms with E-state index in [2.05, 4.69) is 21.3 Å². The molecule has 0 saturated carbocycles. The molecule has 0 spiro atoms. The topological polar surface area (TPSA) is 116 Å². The van der Waals surface area contributed by atoms with E-state index in [9.17, 15) is 19.2 Å². The Morgan fingerprint density at radius 3 is 1.33 bits per heavy atom. The molecular weight excluding hydrogens is 456 g/mol. The van der Waals surface area contributed by atoms with E-state index in [4.69, 9.17) is 0 Å². The van der Waals surface area contributed by atoms with Gasteiger partial charge in [0.25, 0.3) is 11.8 Å². The van der Waals surface area contributed by atoms with Crippen LogP contribution in [0.5, 0.6) is 0 Å². The molecule has 0 aromatic heterocycles. The Bertz CT molecular complexity index is 1130. The summed E-state index contributed by atoms with van der Waals surface area (Å²) in [4.78, 5) is 48.2. The minimum atomic E-state index is -0.330. The largest absolute Gasteiger partial charge is 0.359 e. The van der Waals surface area contributed by atoms with E-state index in [1.54, 1.807) is 62.6 Å². The van der Waals surface area contributed by atoms with Crippen LogP contribution < -0.4 is 21.3 Å². The number of hydrogen-bond donors (Lipinski definition) is 4. The molecule has 8 nitrogen and oxygen atoms in total. The predicted octanol–water partition coefficient (Wildman–Crippen LogP) is 3.55. The highest BCUT2D eigenvalue weighted by molar-refractivity contribution is 6.08. The maximum atomic E-state index is 12.7. The van der Waals surface area contributed by atoms with Gasteiger partial charge in [-0.25, -0.2) is 0 Å². The summed E-state index contributed by atoms with van der Waals surface area (Å²) in [6, 6.07) is 21.1. The molecule has 0 unspecified atom stereocenters. The summed E-state index contributed by atoms with van der Waals surface area (Å²) in [5.74, 6) is -0.705. The third kappa shape index (κ3) is 7.80. The summed E-state index contributed by atoms with van der Waals surface area (Å²) in [6.07, 6.45) is 2.03. The zero-order valence-corrected chi connectivity index (χ0v) is 20.4. The first-order valence-corrected chi connectivity index (χ1v) is 11.7. The highest BCUT2D eigenvalue weighted by Crippen LogP contribution is 2.16. The maximum absolute atomic E-state index is 12.7. The molecule has 0 aliphatic carbocycles. The van der Waals surface area contributed by atoms with E-state index in [1.165, 1.54) is 0 Å². The molecule has 36 heavy (non-hydrogen) atoms. The third-order valence-corrected chi connectivity index (χ3v) is 5.65. The number of anilines is 2. The van der Waals surface area contributed by atoms with E-state index < -0.39 is 0 Å². The van der Waals surface area contributed by atoms with Gasteiger partial charge in [0.05, 0.1) is 0 Å². The Kier molecular flexibility index (Phi) is 9.33. The molecule has 3 aromatic carbocycles. The maximum Gasteiger partial charge on any atom is 0.255 e. The molecule has 4 N–H and O–H groups in total. The van der Waals surface area contributed by atoms with Crippen LogP contribution in [0.15, 0.2) is 72.8 Å². The lowest BCUT2D eigenvalue weighted by atomic mass is 10.1. The second kappa shape index (κ2) is 12.9. The summed E-state index contributed by atoms with van der Waals surface area (Å²) in [7, 11) is 3.21. The minimum Gasteiger partial charge on any atom is -0.359 e. The minimum absolute atomic E-state index is 0.0221. The predicted molar refractivity (Wildman–Crippen MR) is 140 cm³/mol. The number of nitrogens with one attached hydrogen (secondary N) is 4. The van der Waals surface area contributed by atoms with Gasteiger partial charge < -0.3 is 21.3 Å². The lowest BCUT2D eigenvalue weighted by Gasteiger charge is -2.09. The zero-order valence-electron chi connectivity index (χ0n) is 20.4. The van der Waals surface area contributed by atoms with Crippen LogP contribution in [0.1, 0.15) is 44.7 Å². The van der Waals surface area contributed by atoms with Crippen LogP contribution in [-0.2, 0) is 22.4 Å². The molecule has 0 saturated heterocycles. The van der Waals surface area contributed by atoms with Gasteiger partial charge in [0.1, 0.15) is 0 Å². The molecule has 0 aliphatic rings. The summed E-state index contributed by atoms with van der Waals surface area (Å²) in [5.41, 5.74) is 3.95. The van der Waals surface area contributed by atoms with Gasteiger partial charge in [-0.1, -0.05) is 30.3 Å². The molecule has 186 valence electrons. The van der Waals surface area contributed by atoms with Crippen molar-refractivity contribution in [3.8, 4) is 0 Å². The fourth-order valence-corrected chi connectivity index (χ4v) is 3.48. The molecule has 3 aromatic rings. The van der Waals surface area contributed by atoms with Crippen LogP contribution in [-0.4, -0.2) is 37.7 Å². The normalized spacial score (nSPS) is 10.3. The highest BCUT2D eigenvalue weighted by atomic mass is 16.2. The smallest absolute Gasteiger partial charge is 0.255 e. The van der Waals surface area contributed by atoms with Crippen molar-refractivity contribution in [1.82, 2.24) is 10.6 Å². The van der Waals surface area contributed by atoms with Gasteiger partial charge >= 0.3 is 0 Å². The Hall–Kier alpha value is -4.46. The summed E-state index contributed by atoms with van der Waals surface area (Å²) in [6.45, 7) is 0. The first kappa shape index (κ1) is 26.2. The van der Waals surface area contributed by atoms with Gasteiger partial charge in [-0.3, -0.25) is 19.2 Å². The van der Waals surface area contributed by atoms with Crippen LogP contribution in [0, 0.1) is 0 Å². The summed E-state index contributed by atoms with van der Waals surface area (Å²) < 4.78 is 0. The second-order valence-electron chi connectivity index (χ2n) is 8.23. The van der Waals surface area contributed by atoms with Crippen LogP contribution in [0.25, 0.3) is 0 Å².